The van der Waals surface area contributed by atoms with E-state index in [1.807, 2.05) is 24.3 Å². The molecular weight excluding hydrogens is 317 g/mol. The third-order valence-corrected chi connectivity index (χ3v) is 4.43. The van der Waals surface area contributed by atoms with Crippen molar-refractivity contribution >= 4 is 40.7 Å². The molecule has 0 N–H and O–H groups in total. The number of nitro groups is 1. The van der Waals surface area contributed by atoms with Crippen LogP contribution in [0.2, 0.25) is 10.0 Å². The molecule has 2 aromatic carbocycles. The predicted molar refractivity (Wildman–Crippen MR) is 84.6 cm³/mol. The lowest BCUT2D eigenvalue weighted by Crippen LogP contribution is -1.91. The van der Waals surface area contributed by atoms with Gasteiger partial charge in [0.25, 0.3) is 5.69 Å². The standard InChI is InChI=1S/C14H11Cl2NO2S/c15-12-4-2-1-3-11(12)9-20-8-10-5-6-13(16)14(7-10)17(18)19/h1-7H,8-9H2. The Morgan fingerprint density at radius 3 is 2.50 bits per heavy atom. The Bertz CT molecular complexity index is 634. The molecule has 0 heterocycles. The van der Waals surface area contributed by atoms with Crippen LogP contribution in [-0.2, 0) is 11.5 Å². The van der Waals surface area contributed by atoms with Gasteiger partial charge in [0.15, 0.2) is 0 Å². The Morgan fingerprint density at radius 1 is 1.05 bits per heavy atom. The maximum Gasteiger partial charge on any atom is 0.288 e. The van der Waals surface area contributed by atoms with E-state index in [-0.39, 0.29) is 10.7 Å². The Morgan fingerprint density at radius 2 is 1.80 bits per heavy atom. The van der Waals surface area contributed by atoms with Crippen molar-refractivity contribution in [2.75, 3.05) is 0 Å². The Labute approximate surface area is 131 Å². The number of hydrogen-bond acceptors (Lipinski definition) is 3. The zero-order valence-corrected chi connectivity index (χ0v) is 12.7. The predicted octanol–water partition coefficient (Wildman–Crippen LogP) is 5.34. The molecular formula is C14H11Cl2NO2S. The number of nitro benzene ring substituents is 1. The van der Waals surface area contributed by atoms with Gasteiger partial charge >= 0.3 is 0 Å². The average Bonchev–Trinajstić information content (AvgIpc) is 2.42. The third kappa shape index (κ3) is 3.88. The van der Waals surface area contributed by atoms with Gasteiger partial charge in [0.05, 0.1) is 4.92 Å². The topological polar surface area (TPSA) is 43.1 Å². The summed E-state index contributed by atoms with van der Waals surface area (Å²) in [7, 11) is 0. The Balaban J connectivity index is 2.00. The minimum Gasteiger partial charge on any atom is -0.258 e. The lowest BCUT2D eigenvalue weighted by molar-refractivity contribution is -0.384. The van der Waals surface area contributed by atoms with E-state index in [4.69, 9.17) is 23.2 Å². The van der Waals surface area contributed by atoms with Crippen LogP contribution in [0.1, 0.15) is 11.1 Å². The fourth-order valence-corrected chi connectivity index (χ4v) is 3.14. The first-order valence-corrected chi connectivity index (χ1v) is 7.73. The van der Waals surface area contributed by atoms with Crippen LogP contribution in [0.4, 0.5) is 5.69 Å². The summed E-state index contributed by atoms with van der Waals surface area (Å²) < 4.78 is 0. The summed E-state index contributed by atoms with van der Waals surface area (Å²) >= 11 is 13.5. The molecule has 0 aliphatic carbocycles. The molecule has 2 rings (SSSR count). The molecule has 3 nitrogen and oxygen atoms in total. The SMILES string of the molecule is O=[N+]([O-])c1cc(CSCc2ccccc2Cl)ccc1Cl. The van der Waals surface area contributed by atoms with Crippen LogP contribution in [0.5, 0.6) is 0 Å². The molecule has 0 spiro atoms. The molecule has 20 heavy (non-hydrogen) atoms. The highest BCUT2D eigenvalue weighted by atomic mass is 35.5. The highest BCUT2D eigenvalue weighted by Crippen LogP contribution is 2.28. The molecule has 2 aromatic rings. The summed E-state index contributed by atoms with van der Waals surface area (Å²) in [5, 5.41) is 11.7. The van der Waals surface area contributed by atoms with Crippen LogP contribution >= 0.6 is 35.0 Å². The fraction of sp³-hybridized carbons (Fsp3) is 0.143. The second-order valence-electron chi connectivity index (χ2n) is 4.13. The van der Waals surface area contributed by atoms with Crippen LogP contribution in [-0.4, -0.2) is 4.92 Å². The smallest absolute Gasteiger partial charge is 0.258 e. The molecule has 0 atom stereocenters. The molecule has 0 aliphatic heterocycles. The van der Waals surface area contributed by atoms with E-state index in [9.17, 15) is 10.1 Å². The molecule has 0 aromatic heterocycles. The van der Waals surface area contributed by atoms with Gasteiger partial charge in [0, 0.05) is 22.6 Å². The third-order valence-electron chi connectivity index (χ3n) is 2.69. The highest BCUT2D eigenvalue weighted by molar-refractivity contribution is 7.97. The summed E-state index contributed by atoms with van der Waals surface area (Å²) in [4.78, 5) is 10.3. The van der Waals surface area contributed by atoms with Crippen LogP contribution in [0.3, 0.4) is 0 Å². The summed E-state index contributed by atoms with van der Waals surface area (Å²) in [6.07, 6.45) is 0. The maximum atomic E-state index is 10.8. The minimum absolute atomic E-state index is 0.0532. The molecule has 0 bridgehead atoms. The van der Waals surface area contributed by atoms with Crippen molar-refractivity contribution < 1.29 is 4.92 Å². The van der Waals surface area contributed by atoms with Gasteiger partial charge in [0.1, 0.15) is 5.02 Å². The molecule has 0 fully saturated rings. The molecule has 0 saturated heterocycles. The van der Waals surface area contributed by atoms with Crippen molar-refractivity contribution in [2.24, 2.45) is 0 Å². The monoisotopic (exact) mass is 327 g/mol. The van der Waals surface area contributed by atoms with Crippen LogP contribution < -0.4 is 0 Å². The van der Waals surface area contributed by atoms with E-state index < -0.39 is 4.92 Å². The van der Waals surface area contributed by atoms with Crippen LogP contribution in [0, 0.1) is 10.1 Å². The van der Waals surface area contributed by atoms with Gasteiger partial charge < -0.3 is 0 Å². The van der Waals surface area contributed by atoms with Gasteiger partial charge in [0.2, 0.25) is 0 Å². The van der Waals surface area contributed by atoms with Gasteiger partial charge in [-0.05, 0) is 23.3 Å². The first kappa shape index (κ1) is 15.2. The van der Waals surface area contributed by atoms with E-state index in [1.54, 1.807) is 23.9 Å². The normalized spacial score (nSPS) is 10.5. The summed E-state index contributed by atoms with van der Waals surface area (Å²) in [6.45, 7) is 0. The minimum atomic E-state index is -0.468. The largest absolute Gasteiger partial charge is 0.288 e. The van der Waals surface area contributed by atoms with Gasteiger partial charge in [-0.25, -0.2) is 0 Å². The number of thioether (sulfide) groups is 1. The molecule has 0 aliphatic rings. The lowest BCUT2D eigenvalue weighted by atomic mass is 10.2. The second kappa shape index (κ2) is 6.97. The number of halogens is 2. The molecule has 104 valence electrons. The van der Waals surface area contributed by atoms with E-state index in [0.29, 0.717) is 5.75 Å². The lowest BCUT2D eigenvalue weighted by Gasteiger charge is -2.05. The highest BCUT2D eigenvalue weighted by Gasteiger charge is 2.12. The summed E-state index contributed by atoms with van der Waals surface area (Å²) in [5.41, 5.74) is 1.88. The first-order valence-electron chi connectivity index (χ1n) is 5.82. The molecule has 0 saturated carbocycles. The quantitative estimate of drug-likeness (QED) is 0.550. The second-order valence-corrected chi connectivity index (χ2v) is 5.93. The van der Waals surface area contributed by atoms with Crippen LogP contribution in [0.25, 0.3) is 0 Å². The molecule has 0 amide bonds. The van der Waals surface area contributed by atoms with E-state index >= 15 is 0 Å². The van der Waals surface area contributed by atoms with Crippen molar-refractivity contribution in [2.45, 2.75) is 11.5 Å². The zero-order chi connectivity index (χ0) is 14.5. The fourth-order valence-electron chi connectivity index (χ4n) is 1.68. The van der Waals surface area contributed by atoms with Gasteiger partial charge in [-0.15, -0.1) is 0 Å². The first-order chi connectivity index (χ1) is 9.58. The van der Waals surface area contributed by atoms with Crippen molar-refractivity contribution in [1.29, 1.82) is 0 Å². The average molecular weight is 328 g/mol. The number of hydrogen-bond donors (Lipinski definition) is 0. The van der Waals surface area contributed by atoms with Crippen molar-refractivity contribution in [1.82, 2.24) is 0 Å². The maximum absolute atomic E-state index is 10.8. The number of nitrogens with zero attached hydrogens (tertiary/aromatic N) is 1. The summed E-state index contributed by atoms with van der Waals surface area (Å²) in [5.74, 6) is 1.43. The van der Waals surface area contributed by atoms with E-state index in [1.165, 1.54) is 6.07 Å². The number of rotatable bonds is 5. The van der Waals surface area contributed by atoms with Gasteiger partial charge in [-0.2, -0.15) is 11.8 Å². The Kier molecular flexibility index (Phi) is 5.29. The summed E-state index contributed by atoms with van der Waals surface area (Å²) in [6, 6.07) is 12.5. The Hall–Kier alpha value is -1.23. The van der Waals surface area contributed by atoms with Gasteiger partial charge in [-0.3, -0.25) is 10.1 Å². The van der Waals surface area contributed by atoms with Crippen molar-refractivity contribution in [3.63, 3.8) is 0 Å². The number of benzene rings is 2. The van der Waals surface area contributed by atoms with Gasteiger partial charge in [-0.1, -0.05) is 47.5 Å². The zero-order valence-electron chi connectivity index (χ0n) is 10.4. The van der Waals surface area contributed by atoms with Crippen molar-refractivity contribution in [3.05, 3.63) is 73.8 Å². The van der Waals surface area contributed by atoms with E-state index in [0.717, 1.165) is 21.9 Å². The van der Waals surface area contributed by atoms with Crippen molar-refractivity contribution in [3.8, 4) is 0 Å². The van der Waals surface area contributed by atoms with E-state index in [2.05, 4.69) is 0 Å². The molecule has 0 unspecified atom stereocenters. The molecule has 6 heteroatoms. The van der Waals surface area contributed by atoms with Crippen LogP contribution in [0.15, 0.2) is 42.5 Å². The molecule has 0 radical (unpaired) electrons.